The van der Waals surface area contributed by atoms with Crippen LogP contribution in [0, 0.1) is 5.82 Å². The van der Waals surface area contributed by atoms with Gasteiger partial charge in [-0.1, -0.05) is 29.3 Å². The second-order valence-electron chi connectivity index (χ2n) is 8.92. The highest BCUT2D eigenvalue weighted by molar-refractivity contribution is 6.35. The zero-order valence-corrected chi connectivity index (χ0v) is 21.5. The van der Waals surface area contributed by atoms with Gasteiger partial charge < -0.3 is 10.2 Å². The van der Waals surface area contributed by atoms with Crippen LogP contribution >= 0.6 is 23.2 Å². The first-order chi connectivity index (χ1) is 18.0. The molecule has 0 saturated carbocycles. The summed E-state index contributed by atoms with van der Waals surface area (Å²) in [7, 11) is 0. The number of benzene rings is 2. The Labute approximate surface area is 224 Å². The maximum Gasteiger partial charge on any atom is 0.317 e. The number of amides is 2. The molecule has 1 N–H and O–H groups in total. The molecule has 1 fully saturated rings. The van der Waals surface area contributed by atoms with Crippen molar-refractivity contribution in [1.82, 2.24) is 30.0 Å². The molecule has 1 aliphatic heterocycles. The minimum Gasteiger partial charge on any atom is -0.338 e. The molecule has 0 spiro atoms. The quantitative estimate of drug-likeness (QED) is 0.331. The molecule has 0 radical (unpaired) electrons. The van der Waals surface area contributed by atoms with Gasteiger partial charge in [0.2, 0.25) is 0 Å². The fourth-order valence-electron chi connectivity index (χ4n) is 4.55. The topological polar surface area (TPSA) is 75.9 Å². The molecule has 10 heteroatoms. The van der Waals surface area contributed by atoms with Gasteiger partial charge in [0.15, 0.2) is 0 Å². The van der Waals surface area contributed by atoms with Crippen LogP contribution in [-0.4, -0.2) is 50.3 Å². The van der Waals surface area contributed by atoms with Gasteiger partial charge in [0.25, 0.3) is 5.95 Å². The highest BCUT2D eigenvalue weighted by atomic mass is 35.5. The van der Waals surface area contributed by atoms with Crippen molar-refractivity contribution in [1.29, 1.82) is 0 Å². The molecule has 1 saturated heterocycles. The first-order valence-corrected chi connectivity index (χ1v) is 12.8. The monoisotopic (exact) mass is 538 g/mol. The molecule has 0 bridgehead atoms. The molecule has 2 aromatic carbocycles. The standard InChI is InChI=1S/C27H25Cl2FN6O/c28-21-7-4-18(23(29)15-21)10-13-33-27(37)35-14-1-3-20(17-35)25-16-24(19-5-8-22(30)9-6-19)34-36(25)26-31-11-2-12-32-26/h2,4-9,11-12,15-16,20H,1,3,10,13-14,17H2,(H,33,37). The summed E-state index contributed by atoms with van der Waals surface area (Å²) in [6, 6.07) is 15.2. The molecule has 190 valence electrons. The summed E-state index contributed by atoms with van der Waals surface area (Å²) in [5, 5.41) is 8.94. The van der Waals surface area contributed by atoms with Crippen LogP contribution in [0.5, 0.6) is 0 Å². The second-order valence-corrected chi connectivity index (χ2v) is 9.77. The summed E-state index contributed by atoms with van der Waals surface area (Å²) < 4.78 is 15.2. The van der Waals surface area contributed by atoms with E-state index in [4.69, 9.17) is 28.3 Å². The Balaban J connectivity index is 1.32. The average molecular weight is 539 g/mol. The van der Waals surface area contributed by atoms with Gasteiger partial charge in [-0.15, -0.1) is 0 Å². The van der Waals surface area contributed by atoms with Crippen molar-refractivity contribution in [3.05, 3.63) is 94.1 Å². The molecule has 1 unspecified atom stereocenters. The Kier molecular flexibility index (Phi) is 7.67. The predicted octanol–water partition coefficient (Wildman–Crippen LogP) is 5.91. The highest BCUT2D eigenvalue weighted by Crippen LogP contribution is 2.31. The molecule has 7 nitrogen and oxygen atoms in total. The highest BCUT2D eigenvalue weighted by Gasteiger charge is 2.28. The predicted molar refractivity (Wildman–Crippen MR) is 142 cm³/mol. The molecule has 1 atom stereocenters. The van der Waals surface area contributed by atoms with Gasteiger partial charge in [-0.25, -0.2) is 23.8 Å². The zero-order valence-electron chi connectivity index (χ0n) is 19.9. The summed E-state index contributed by atoms with van der Waals surface area (Å²) >= 11 is 12.2. The third kappa shape index (κ3) is 5.92. The summed E-state index contributed by atoms with van der Waals surface area (Å²) in [5.41, 5.74) is 3.34. The van der Waals surface area contributed by atoms with Crippen LogP contribution in [0.4, 0.5) is 9.18 Å². The van der Waals surface area contributed by atoms with Gasteiger partial charge >= 0.3 is 6.03 Å². The van der Waals surface area contributed by atoms with Crippen molar-refractivity contribution in [2.24, 2.45) is 0 Å². The third-order valence-corrected chi connectivity index (χ3v) is 7.02. The molecule has 2 aromatic heterocycles. The minimum atomic E-state index is -0.304. The van der Waals surface area contributed by atoms with E-state index in [1.165, 1.54) is 12.1 Å². The van der Waals surface area contributed by atoms with E-state index in [1.54, 1.807) is 47.4 Å². The number of halogens is 3. The van der Waals surface area contributed by atoms with Gasteiger partial charge in [-0.3, -0.25) is 0 Å². The Morgan fingerprint density at radius 1 is 1.08 bits per heavy atom. The van der Waals surface area contributed by atoms with Crippen molar-refractivity contribution in [2.75, 3.05) is 19.6 Å². The van der Waals surface area contributed by atoms with E-state index in [9.17, 15) is 9.18 Å². The van der Waals surface area contributed by atoms with E-state index in [0.717, 1.165) is 29.7 Å². The SMILES string of the molecule is O=C(NCCc1ccc(Cl)cc1Cl)N1CCCC(c2cc(-c3ccc(F)cc3)nn2-c2ncccn2)C1. The molecule has 1 aliphatic rings. The number of urea groups is 1. The maximum absolute atomic E-state index is 13.5. The fourth-order valence-corrected chi connectivity index (χ4v) is 5.06. The lowest BCUT2D eigenvalue weighted by molar-refractivity contribution is 0.178. The van der Waals surface area contributed by atoms with Crippen molar-refractivity contribution in [3.8, 4) is 17.2 Å². The van der Waals surface area contributed by atoms with Crippen LogP contribution in [0.25, 0.3) is 17.2 Å². The van der Waals surface area contributed by atoms with Gasteiger partial charge in [-0.05, 0) is 73.4 Å². The number of hydrogen-bond acceptors (Lipinski definition) is 4. The number of rotatable bonds is 6. The number of nitrogens with zero attached hydrogens (tertiary/aromatic N) is 5. The smallest absolute Gasteiger partial charge is 0.317 e. The average Bonchev–Trinajstić information content (AvgIpc) is 3.36. The van der Waals surface area contributed by atoms with E-state index >= 15 is 0 Å². The lowest BCUT2D eigenvalue weighted by Gasteiger charge is -2.32. The summed E-state index contributed by atoms with van der Waals surface area (Å²) in [6.45, 7) is 1.67. The van der Waals surface area contributed by atoms with E-state index in [2.05, 4.69) is 15.3 Å². The van der Waals surface area contributed by atoms with E-state index in [1.807, 2.05) is 17.0 Å². The zero-order chi connectivity index (χ0) is 25.8. The molecule has 37 heavy (non-hydrogen) atoms. The van der Waals surface area contributed by atoms with Crippen LogP contribution in [-0.2, 0) is 6.42 Å². The van der Waals surface area contributed by atoms with Gasteiger partial charge in [0.05, 0.1) is 11.4 Å². The summed E-state index contributed by atoms with van der Waals surface area (Å²) in [5.74, 6) is 0.185. The van der Waals surface area contributed by atoms with Crippen molar-refractivity contribution in [2.45, 2.75) is 25.2 Å². The number of hydrogen-bond donors (Lipinski definition) is 1. The summed E-state index contributed by atoms with van der Waals surface area (Å²) in [4.78, 5) is 23.6. The second kappa shape index (κ2) is 11.3. The van der Waals surface area contributed by atoms with Crippen LogP contribution < -0.4 is 5.32 Å². The number of carbonyl (C=O) groups is 1. The van der Waals surface area contributed by atoms with Gasteiger partial charge in [0, 0.05) is 53.6 Å². The van der Waals surface area contributed by atoms with Crippen LogP contribution in [0.3, 0.4) is 0 Å². The lowest BCUT2D eigenvalue weighted by atomic mass is 9.94. The number of piperidine rings is 1. The van der Waals surface area contributed by atoms with Crippen molar-refractivity contribution < 1.29 is 9.18 Å². The summed E-state index contributed by atoms with van der Waals surface area (Å²) in [6.07, 6.45) is 5.69. The molecule has 0 aliphatic carbocycles. The first kappa shape index (κ1) is 25.2. The third-order valence-electron chi connectivity index (χ3n) is 6.43. The van der Waals surface area contributed by atoms with Gasteiger partial charge in [-0.2, -0.15) is 5.10 Å². The van der Waals surface area contributed by atoms with Crippen LogP contribution in [0.15, 0.2) is 67.0 Å². The molecular formula is C27H25Cl2FN6O. The van der Waals surface area contributed by atoms with Crippen LogP contribution in [0.1, 0.15) is 30.0 Å². The fraction of sp³-hybridized carbons (Fsp3) is 0.259. The lowest BCUT2D eigenvalue weighted by Crippen LogP contribution is -2.45. The van der Waals surface area contributed by atoms with E-state index in [0.29, 0.717) is 47.7 Å². The normalized spacial score (nSPS) is 15.5. The Morgan fingerprint density at radius 2 is 1.86 bits per heavy atom. The minimum absolute atomic E-state index is 0.0377. The van der Waals surface area contributed by atoms with Crippen molar-refractivity contribution in [3.63, 3.8) is 0 Å². The Bertz CT molecular complexity index is 1380. The maximum atomic E-state index is 13.5. The molecular weight excluding hydrogens is 514 g/mol. The Morgan fingerprint density at radius 3 is 2.62 bits per heavy atom. The first-order valence-electron chi connectivity index (χ1n) is 12.1. The van der Waals surface area contributed by atoms with Crippen LogP contribution in [0.2, 0.25) is 10.0 Å². The number of carbonyl (C=O) groups excluding carboxylic acids is 1. The molecule has 3 heterocycles. The molecule has 4 aromatic rings. The van der Waals surface area contributed by atoms with E-state index in [-0.39, 0.29) is 17.8 Å². The molecule has 5 rings (SSSR count). The van der Waals surface area contributed by atoms with Gasteiger partial charge in [0.1, 0.15) is 5.82 Å². The van der Waals surface area contributed by atoms with E-state index < -0.39 is 0 Å². The largest absolute Gasteiger partial charge is 0.338 e. The number of nitrogens with one attached hydrogen (secondary N) is 1. The number of likely N-dealkylation sites (tertiary alicyclic amines) is 1. The van der Waals surface area contributed by atoms with Crippen molar-refractivity contribution >= 4 is 29.2 Å². The Hall–Kier alpha value is -3.49. The molecule has 2 amide bonds. The number of aromatic nitrogens is 4.